The molecule has 2 aromatic rings. The molecular weight excluding hydrogens is 536 g/mol. The minimum Gasteiger partial charge on any atom is -0.490 e. The average molecular weight is 574 g/mol. The fourth-order valence-electron chi connectivity index (χ4n) is 3.97. The number of terminal acetylenes is 1. The van der Waals surface area contributed by atoms with Crippen molar-refractivity contribution in [3.63, 3.8) is 0 Å². The number of halogens is 1. The van der Waals surface area contributed by atoms with Crippen LogP contribution in [0.4, 0.5) is 0 Å². The number of esters is 2. The van der Waals surface area contributed by atoms with Crippen molar-refractivity contribution in [3.8, 4) is 23.8 Å². The van der Waals surface area contributed by atoms with Crippen LogP contribution in [0.2, 0.25) is 0 Å². The summed E-state index contributed by atoms with van der Waals surface area (Å²) in [6.45, 7) is 7.68. The Labute approximate surface area is 240 Å². The zero-order valence-corrected chi connectivity index (χ0v) is 23.9. The number of carbonyl (C=O) groups excluding carboxylic acids is 2. The molecule has 0 aliphatic carbocycles. The second-order valence-electron chi connectivity index (χ2n) is 9.92. The number of quaternary nitrogens is 1. The lowest BCUT2D eigenvalue weighted by Crippen LogP contribution is -2.55. The maximum atomic E-state index is 11.7. The van der Waals surface area contributed by atoms with E-state index in [2.05, 4.69) is 30.4 Å². The molecule has 2 atom stereocenters. The van der Waals surface area contributed by atoms with Crippen molar-refractivity contribution >= 4 is 23.5 Å². The van der Waals surface area contributed by atoms with Crippen LogP contribution in [0.3, 0.4) is 0 Å². The van der Waals surface area contributed by atoms with Gasteiger partial charge in [0, 0.05) is 25.0 Å². The molecular formula is C30H38ClN2O7+. The van der Waals surface area contributed by atoms with Crippen molar-refractivity contribution in [1.82, 2.24) is 4.90 Å². The Morgan fingerprint density at radius 3 is 1.93 bits per heavy atom. The van der Waals surface area contributed by atoms with E-state index < -0.39 is 12.1 Å². The number of rotatable bonds is 17. The Bertz CT molecular complexity index is 1130. The van der Waals surface area contributed by atoms with Crippen molar-refractivity contribution in [1.29, 1.82) is 0 Å². The average Bonchev–Trinajstić information content (AvgIpc) is 3.79. The van der Waals surface area contributed by atoms with E-state index in [1.165, 1.54) is 0 Å². The molecule has 0 aromatic heterocycles. The molecule has 1 aliphatic heterocycles. The molecule has 0 radical (unpaired) electrons. The smallest absolute Gasteiger partial charge is 0.362 e. The molecule has 0 amide bonds. The lowest BCUT2D eigenvalue weighted by Gasteiger charge is -2.27. The number of nitrogens with zero attached hydrogens (tertiary/aromatic N) is 1. The highest BCUT2D eigenvalue weighted by Gasteiger charge is 2.26. The van der Waals surface area contributed by atoms with E-state index in [1.54, 1.807) is 0 Å². The fraction of sp³-hybridized carbons (Fsp3) is 0.467. The zero-order chi connectivity index (χ0) is 29.0. The van der Waals surface area contributed by atoms with Crippen molar-refractivity contribution in [3.05, 3.63) is 59.7 Å². The van der Waals surface area contributed by atoms with Gasteiger partial charge in [0.1, 0.15) is 43.3 Å². The third-order valence-electron chi connectivity index (χ3n) is 6.42. The summed E-state index contributed by atoms with van der Waals surface area (Å²) in [6, 6.07) is 15.7. The summed E-state index contributed by atoms with van der Waals surface area (Å²) in [7, 11) is 0. The number of hydrogen-bond acceptors (Lipinski definition) is 8. The topological polar surface area (TPSA) is 111 Å². The molecule has 1 saturated heterocycles. The van der Waals surface area contributed by atoms with Crippen LogP contribution in [0.25, 0.3) is 0 Å². The van der Waals surface area contributed by atoms with E-state index in [-0.39, 0.29) is 56.3 Å². The molecule has 216 valence electrons. The van der Waals surface area contributed by atoms with Crippen LogP contribution in [0.15, 0.2) is 48.5 Å². The van der Waals surface area contributed by atoms with E-state index in [4.69, 9.17) is 41.7 Å². The number of carbonyl (C=O) groups is 2. The van der Waals surface area contributed by atoms with Gasteiger partial charge in [0.05, 0.1) is 6.61 Å². The Kier molecular flexibility index (Phi) is 12.1. The van der Waals surface area contributed by atoms with E-state index >= 15 is 0 Å². The summed E-state index contributed by atoms with van der Waals surface area (Å²) in [5.41, 5.74) is 5.50. The first-order valence-electron chi connectivity index (χ1n) is 13.2. The van der Waals surface area contributed by atoms with Crippen LogP contribution in [0, 0.1) is 12.3 Å². The first kappa shape index (κ1) is 31.2. The number of hydrogen-bond donors (Lipinski definition) is 1. The lowest BCUT2D eigenvalue weighted by atomic mass is 9.78. The lowest BCUT2D eigenvalue weighted by molar-refractivity contribution is -0.360. The van der Waals surface area contributed by atoms with Crippen LogP contribution in [0.1, 0.15) is 25.0 Å². The molecule has 0 spiro atoms. The molecule has 1 fully saturated rings. The van der Waals surface area contributed by atoms with Crippen LogP contribution in [-0.2, 0) is 29.2 Å². The minimum atomic E-state index is -0.631. The van der Waals surface area contributed by atoms with Gasteiger partial charge in [-0.25, -0.2) is 4.79 Å². The second-order valence-corrected chi connectivity index (χ2v) is 10.2. The van der Waals surface area contributed by atoms with Gasteiger partial charge in [-0.3, -0.25) is 9.69 Å². The highest BCUT2D eigenvalue weighted by molar-refractivity contribution is 6.26. The predicted octanol–water partition coefficient (Wildman–Crippen LogP) is 2.04. The van der Waals surface area contributed by atoms with E-state index in [9.17, 15) is 9.59 Å². The highest BCUT2D eigenvalue weighted by atomic mass is 35.5. The van der Waals surface area contributed by atoms with Crippen molar-refractivity contribution in [2.24, 2.45) is 0 Å². The van der Waals surface area contributed by atoms with Crippen LogP contribution in [0.5, 0.6) is 11.5 Å². The summed E-state index contributed by atoms with van der Waals surface area (Å²) in [5.74, 6) is 2.57. The summed E-state index contributed by atoms with van der Waals surface area (Å²) in [4.78, 5) is 25.5. The van der Waals surface area contributed by atoms with Gasteiger partial charge in [0.15, 0.2) is 12.6 Å². The molecule has 0 saturated carbocycles. The SMILES string of the molecule is C#CCOCC(COc1ccc(C(C)(C)c2ccc(OCC(CN3CC3)OC(=O)C[NH3+])cc2)cc1)OC(=O)CCl. The molecule has 1 aliphatic rings. The molecule has 3 N–H and O–H groups in total. The predicted molar refractivity (Wildman–Crippen MR) is 150 cm³/mol. The van der Waals surface area contributed by atoms with Crippen molar-refractivity contribution < 1.29 is 39.0 Å². The Morgan fingerprint density at radius 2 is 1.45 bits per heavy atom. The van der Waals surface area contributed by atoms with Crippen molar-refractivity contribution in [2.45, 2.75) is 31.5 Å². The van der Waals surface area contributed by atoms with E-state index in [0.717, 1.165) is 24.2 Å². The first-order valence-corrected chi connectivity index (χ1v) is 13.7. The molecule has 1 heterocycles. The molecule has 10 heteroatoms. The van der Waals surface area contributed by atoms with Gasteiger partial charge >= 0.3 is 11.9 Å². The third kappa shape index (κ3) is 10.0. The largest absolute Gasteiger partial charge is 0.490 e. The third-order valence-corrected chi connectivity index (χ3v) is 6.64. The monoisotopic (exact) mass is 573 g/mol. The van der Waals surface area contributed by atoms with Gasteiger partial charge in [0.2, 0.25) is 0 Å². The van der Waals surface area contributed by atoms with Gasteiger partial charge < -0.3 is 29.4 Å². The Balaban J connectivity index is 1.56. The zero-order valence-electron chi connectivity index (χ0n) is 23.1. The number of benzene rings is 2. The second kappa shape index (κ2) is 15.5. The van der Waals surface area contributed by atoms with Crippen LogP contribution in [-0.4, -0.2) is 87.5 Å². The van der Waals surface area contributed by atoms with Gasteiger partial charge in [0.25, 0.3) is 0 Å². The van der Waals surface area contributed by atoms with Gasteiger partial charge in [-0.15, -0.1) is 18.0 Å². The van der Waals surface area contributed by atoms with Gasteiger partial charge in [-0.05, 0) is 35.4 Å². The quantitative estimate of drug-likeness (QED) is 0.101. The molecule has 2 unspecified atom stereocenters. The van der Waals surface area contributed by atoms with E-state index in [1.807, 2.05) is 48.5 Å². The molecule has 0 bridgehead atoms. The van der Waals surface area contributed by atoms with Gasteiger partial charge in [-0.1, -0.05) is 44.0 Å². The molecule has 9 nitrogen and oxygen atoms in total. The molecule has 2 aromatic carbocycles. The maximum absolute atomic E-state index is 11.7. The normalized spacial score (nSPS) is 14.5. The number of ether oxygens (including phenoxy) is 5. The summed E-state index contributed by atoms with van der Waals surface area (Å²) in [5, 5.41) is 0. The summed E-state index contributed by atoms with van der Waals surface area (Å²) in [6.07, 6.45) is 4.25. The van der Waals surface area contributed by atoms with E-state index in [0.29, 0.717) is 18.0 Å². The standard InChI is InChI=1S/C30H37ClN2O7/c1-4-15-36-19-27(40-28(34)16-31)21-38-25-11-7-23(8-12-25)30(2,3)22-5-9-24(10-6-22)37-20-26(18-33-13-14-33)39-29(35)17-32/h1,5-12,26-27H,13-21,32H2,2-3H3/p+1. The minimum absolute atomic E-state index is 0.0972. The highest BCUT2D eigenvalue weighted by Crippen LogP contribution is 2.33. The first-order chi connectivity index (χ1) is 19.2. The van der Waals surface area contributed by atoms with Crippen LogP contribution < -0.4 is 15.2 Å². The summed E-state index contributed by atoms with van der Waals surface area (Å²) < 4.78 is 27.8. The van der Waals surface area contributed by atoms with Crippen molar-refractivity contribution in [2.75, 3.05) is 58.5 Å². The molecule has 40 heavy (non-hydrogen) atoms. The Hall–Kier alpha value is -3.29. The van der Waals surface area contributed by atoms with Crippen LogP contribution >= 0.6 is 11.6 Å². The number of alkyl halides is 1. The fourth-order valence-corrected chi connectivity index (χ4v) is 4.04. The maximum Gasteiger partial charge on any atom is 0.362 e. The summed E-state index contributed by atoms with van der Waals surface area (Å²) >= 11 is 5.55. The van der Waals surface area contributed by atoms with Gasteiger partial charge in [-0.2, -0.15) is 0 Å². The Morgan fingerprint density at radius 1 is 0.925 bits per heavy atom. The molecule has 3 rings (SSSR count).